The van der Waals surface area contributed by atoms with Crippen LogP contribution in [0.15, 0.2) is 48.5 Å². The number of ether oxygens (including phenoxy) is 2. The van der Waals surface area contributed by atoms with E-state index in [0.717, 1.165) is 12.1 Å². The van der Waals surface area contributed by atoms with Crippen LogP contribution in [0.5, 0.6) is 17.2 Å². The SMILES string of the molecule is CC(Oc1ccc(Oc2ccc(C(F)(F)F)cc2)cc1)C(O)S(=O)(=O)O. The molecule has 0 aliphatic carbocycles. The second-order valence-corrected chi connectivity index (χ2v) is 6.84. The number of aliphatic hydroxyl groups excluding tert-OH is 1. The molecule has 142 valence electrons. The number of hydrogen-bond acceptors (Lipinski definition) is 5. The Hall–Kier alpha value is -2.30. The molecule has 0 aliphatic rings. The lowest BCUT2D eigenvalue weighted by Gasteiger charge is -2.18. The van der Waals surface area contributed by atoms with Crippen LogP contribution in [0.4, 0.5) is 13.2 Å². The molecule has 2 aromatic carbocycles. The molecule has 26 heavy (non-hydrogen) atoms. The van der Waals surface area contributed by atoms with Crippen LogP contribution in [-0.4, -0.2) is 29.6 Å². The normalized spacial score (nSPS) is 14.5. The fraction of sp³-hybridized carbons (Fsp3) is 0.250. The van der Waals surface area contributed by atoms with E-state index in [9.17, 15) is 26.7 Å². The summed E-state index contributed by atoms with van der Waals surface area (Å²) >= 11 is 0. The smallest absolute Gasteiger partial charge is 0.416 e. The lowest BCUT2D eigenvalue weighted by atomic mass is 10.2. The summed E-state index contributed by atoms with van der Waals surface area (Å²) in [5, 5.41) is 9.38. The van der Waals surface area contributed by atoms with Gasteiger partial charge in [0.2, 0.25) is 5.44 Å². The zero-order chi connectivity index (χ0) is 19.5. The molecule has 10 heteroatoms. The lowest BCUT2D eigenvalue weighted by Crippen LogP contribution is -2.35. The van der Waals surface area contributed by atoms with Gasteiger partial charge in [-0.1, -0.05) is 0 Å². The monoisotopic (exact) mass is 392 g/mol. The first-order chi connectivity index (χ1) is 12.0. The van der Waals surface area contributed by atoms with E-state index in [0.29, 0.717) is 5.75 Å². The van der Waals surface area contributed by atoms with Gasteiger partial charge in [-0.3, -0.25) is 4.55 Å². The molecule has 2 N–H and O–H groups in total. The van der Waals surface area contributed by atoms with Crippen LogP contribution in [0, 0.1) is 0 Å². The predicted molar refractivity (Wildman–Crippen MR) is 85.6 cm³/mol. The number of halogens is 3. The molecule has 2 atom stereocenters. The molecule has 0 saturated carbocycles. The maximum atomic E-state index is 12.5. The molecule has 0 spiro atoms. The first kappa shape index (κ1) is 20.0. The van der Waals surface area contributed by atoms with Crippen LogP contribution in [0.25, 0.3) is 0 Å². The molecule has 2 unspecified atom stereocenters. The van der Waals surface area contributed by atoms with E-state index in [1.54, 1.807) is 0 Å². The molecule has 0 fully saturated rings. The molecular formula is C16H15F3O6S. The van der Waals surface area contributed by atoms with E-state index >= 15 is 0 Å². The second kappa shape index (κ2) is 7.52. The molecular weight excluding hydrogens is 377 g/mol. The van der Waals surface area contributed by atoms with Crippen molar-refractivity contribution in [1.29, 1.82) is 0 Å². The Labute approximate surface area is 147 Å². The highest BCUT2D eigenvalue weighted by atomic mass is 32.2. The van der Waals surface area contributed by atoms with Crippen molar-refractivity contribution in [2.45, 2.75) is 24.6 Å². The van der Waals surface area contributed by atoms with E-state index < -0.39 is 33.4 Å². The van der Waals surface area contributed by atoms with E-state index in [4.69, 9.17) is 14.0 Å². The van der Waals surface area contributed by atoms with Crippen LogP contribution in [0.3, 0.4) is 0 Å². The fourth-order valence-electron chi connectivity index (χ4n) is 1.95. The van der Waals surface area contributed by atoms with Crippen molar-refractivity contribution in [3.63, 3.8) is 0 Å². The number of benzene rings is 2. The largest absolute Gasteiger partial charge is 0.487 e. The Bertz CT molecular complexity index is 832. The molecule has 0 heterocycles. The second-order valence-electron chi connectivity index (χ2n) is 5.32. The average molecular weight is 392 g/mol. The maximum absolute atomic E-state index is 12.5. The Morgan fingerprint density at radius 2 is 1.35 bits per heavy atom. The van der Waals surface area contributed by atoms with E-state index in [2.05, 4.69) is 0 Å². The standard InChI is InChI=1S/C16H15F3O6S/c1-10(15(20)26(21,22)23)24-12-6-8-14(9-7-12)25-13-4-2-11(3-5-13)16(17,18)19/h2-10,15,20H,1H3,(H,21,22,23). The summed E-state index contributed by atoms with van der Waals surface area (Å²) in [4.78, 5) is 0. The Morgan fingerprint density at radius 3 is 1.77 bits per heavy atom. The summed E-state index contributed by atoms with van der Waals surface area (Å²) in [6.07, 6.45) is -5.66. The summed E-state index contributed by atoms with van der Waals surface area (Å²) < 4.78 is 78.5. The Balaban J connectivity index is 2.01. The third kappa shape index (κ3) is 5.35. The van der Waals surface area contributed by atoms with Crippen molar-refractivity contribution >= 4 is 10.1 Å². The summed E-state index contributed by atoms with van der Waals surface area (Å²) in [5.74, 6) is 0.696. The topological polar surface area (TPSA) is 93.1 Å². The van der Waals surface area contributed by atoms with Gasteiger partial charge in [-0.05, 0) is 55.5 Å². The van der Waals surface area contributed by atoms with E-state index in [-0.39, 0.29) is 11.5 Å². The summed E-state index contributed by atoms with van der Waals surface area (Å²) in [6, 6.07) is 9.85. The zero-order valence-electron chi connectivity index (χ0n) is 13.3. The molecule has 0 radical (unpaired) electrons. The minimum Gasteiger partial charge on any atom is -0.487 e. The summed E-state index contributed by atoms with van der Waals surface area (Å²) in [6.45, 7) is 1.26. The molecule has 6 nitrogen and oxygen atoms in total. The highest BCUT2D eigenvalue weighted by molar-refractivity contribution is 7.86. The van der Waals surface area contributed by atoms with Gasteiger partial charge in [0.05, 0.1) is 5.56 Å². The molecule has 2 aromatic rings. The van der Waals surface area contributed by atoms with Crippen molar-refractivity contribution in [1.82, 2.24) is 0 Å². The highest BCUT2D eigenvalue weighted by Crippen LogP contribution is 2.31. The molecule has 0 bridgehead atoms. The molecule has 0 aromatic heterocycles. The van der Waals surface area contributed by atoms with Crippen molar-refractivity contribution in [2.75, 3.05) is 0 Å². The van der Waals surface area contributed by atoms with Crippen LogP contribution in [-0.2, 0) is 16.3 Å². The lowest BCUT2D eigenvalue weighted by molar-refractivity contribution is -0.137. The van der Waals surface area contributed by atoms with E-state index in [1.807, 2.05) is 0 Å². The van der Waals surface area contributed by atoms with Gasteiger partial charge >= 0.3 is 6.18 Å². The summed E-state index contributed by atoms with van der Waals surface area (Å²) in [5.41, 5.74) is -2.90. The number of hydrogen-bond donors (Lipinski definition) is 2. The quantitative estimate of drug-likeness (QED) is 0.732. The first-order valence-electron chi connectivity index (χ1n) is 7.23. The minimum atomic E-state index is -4.66. The van der Waals surface area contributed by atoms with Crippen molar-refractivity contribution in [3.8, 4) is 17.2 Å². The van der Waals surface area contributed by atoms with Gasteiger partial charge in [0.1, 0.15) is 23.4 Å². The van der Waals surface area contributed by atoms with Gasteiger partial charge < -0.3 is 14.6 Å². The van der Waals surface area contributed by atoms with Gasteiger partial charge in [-0.25, -0.2) is 0 Å². The van der Waals surface area contributed by atoms with Gasteiger partial charge in [-0.15, -0.1) is 0 Å². The molecule has 0 aliphatic heterocycles. The average Bonchev–Trinajstić information content (AvgIpc) is 2.54. The number of alkyl halides is 3. The Morgan fingerprint density at radius 1 is 0.923 bits per heavy atom. The third-order valence-corrected chi connectivity index (χ3v) is 4.26. The number of aliphatic hydroxyl groups is 1. The van der Waals surface area contributed by atoms with Gasteiger partial charge in [-0.2, -0.15) is 21.6 Å². The fourth-order valence-corrected chi connectivity index (χ4v) is 2.49. The minimum absolute atomic E-state index is 0.194. The highest BCUT2D eigenvalue weighted by Gasteiger charge is 2.30. The molecule has 2 rings (SSSR count). The van der Waals surface area contributed by atoms with Crippen molar-refractivity contribution in [2.24, 2.45) is 0 Å². The van der Waals surface area contributed by atoms with Crippen LogP contribution in [0.2, 0.25) is 0 Å². The molecule has 0 amide bonds. The zero-order valence-corrected chi connectivity index (χ0v) is 14.2. The van der Waals surface area contributed by atoms with Gasteiger partial charge in [0.25, 0.3) is 10.1 Å². The Kier molecular flexibility index (Phi) is 5.79. The van der Waals surface area contributed by atoms with E-state index in [1.165, 1.54) is 43.3 Å². The van der Waals surface area contributed by atoms with Crippen molar-refractivity contribution < 1.29 is 40.7 Å². The van der Waals surface area contributed by atoms with Crippen LogP contribution >= 0.6 is 0 Å². The molecule has 0 saturated heterocycles. The van der Waals surface area contributed by atoms with Gasteiger partial charge in [0.15, 0.2) is 0 Å². The van der Waals surface area contributed by atoms with Crippen LogP contribution < -0.4 is 9.47 Å². The predicted octanol–water partition coefficient (Wildman–Crippen LogP) is 3.47. The van der Waals surface area contributed by atoms with Crippen LogP contribution in [0.1, 0.15) is 12.5 Å². The van der Waals surface area contributed by atoms with Gasteiger partial charge in [0, 0.05) is 0 Å². The first-order valence-corrected chi connectivity index (χ1v) is 8.73. The van der Waals surface area contributed by atoms with Crippen molar-refractivity contribution in [3.05, 3.63) is 54.1 Å². The summed E-state index contributed by atoms with van der Waals surface area (Å²) in [7, 11) is -4.66. The number of rotatable bonds is 6. The third-order valence-electron chi connectivity index (χ3n) is 3.27. The maximum Gasteiger partial charge on any atom is 0.416 e.